The molecule has 0 bridgehead atoms. The van der Waals surface area contributed by atoms with Crippen molar-refractivity contribution in [1.82, 2.24) is 19.2 Å². The van der Waals surface area contributed by atoms with Gasteiger partial charge in [-0.2, -0.15) is 0 Å². The monoisotopic (exact) mass is 442 g/mol. The highest BCUT2D eigenvalue weighted by molar-refractivity contribution is 7.89. The molecule has 0 unspecified atom stereocenters. The summed E-state index contributed by atoms with van der Waals surface area (Å²) in [5.41, 5.74) is 2.59. The van der Waals surface area contributed by atoms with Crippen LogP contribution in [0.15, 0.2) is 53.4 Å². The number of aryl methyl sites for hydroxylation is 2. The second-order valence-electron chi connectivity index (χ2n) is 7.73. The lowest BCUT2D eigenvalue weighted by molar-refractivity contribution is -0.121. The second kappa shape index (κ2) is 10.1. The molecule has 2 aromatic carbocycles. The van der Waals surface area contributed by atoms with Crippen LogP contribution in [0.1, 0.15) is 37.6 Å². The van der Waals surface area contributed by atoms with Crippen LogP contribution >= 0.6 is 0 Å². The maximum atomic E-state index is 12.5. The van der Waals surface area contributed by atoms with Gasteiger partial charge in [0.2, 0.25) is 15.9 Å². The molecule has 7 nitrogen and oxygen atoms in total. The zero-order chi connectivity index (χ0) is 22.4. The van der Waals surface area contributed by atoms with Crippen LogP contribution in [0.5, 0.6) is 0 Å². The van der Waals surface area contributed by atoms with Gasteiger partial charge in [0.05, 0.1) is 15.9 Å². The molecule has 1 heterocycles. The summed E-state index contributed by atoms with van der Waals surface area (Å²) in [6.45, 7) is 3.41. The molecule has 0 saturated heterocycles. The predicted molar refractivity (Wildman–Crippen MR) is 122 cm³/mol. The van der Waals surface area contributed by atoms with Crippen LogP contribution < -0.4 is 5.32 Å². The van der Waals surface area contributed by atoms with Gasteiger partial charge in [-0.05, 0) is 30.2 Å². The van der Waals surface area contributed by atoms with Crippen molar-refractivity contribution in [3.8, 4) is 0 Å². The summed E-state index contributed by atoms with van der Waals surface area (Å²) in [6.07, 6.45) is 2.83. The van der Waals surface area contributed by atoms with Crippen molar-refractivity contribution in [1.29, 1.82) is 0 Å². The number of carbonyl (C=O) groups excluding carboxylic acids is 1. The van der Waals surface area contributed by atoms with Crippen molar-refractivity contribution in [2.24, 2.45) is 0 Å². The van der Waals surface area contributed by atoms with E-state index in [2.05, 4.69) is 21.8 Å². The number of nitrogens with one attached hydrogen (secondary N) is 1. The standard InChI is InChI=1S/C23H30N4O3S/c1-4-5-15-27-21-12-11-19(31(29,30)26(2)3)16-20(21)25-22(27)13-14-23(28)24-17-18-9-7-6-8-10-18/h6-12,16H,4-5,13-15,17H2,1-3H3,(H,24,28). The van der Waals surface area contributed by atoms with Crippen LogP contribution in [0.25, 0.3) is 11.0 Å². The van der Waals surface area contributed by atoms with Gasteiger partial charge in [-0.25, -0.2) is 17.7 Å². The van der Waals surface area contributed by atoms with E-state index < -0.39 is 10.0 Å². The van der Waals surface area contributed by atoms with Gasteiger partial charge in [-0.3, -0.25) is 4.79 Å². The molecule has 0 aliphatic carbocycles. The minimum Gasteiger partial charge on any atom is -0.352 e. The molecule has 3 rings (SSSR count). The van der Waals surface area contributed by atoms with E-state index in [1.54, 1.807) is 12.1 Å². The molecular weight excluding hydrogens is 412 g/mol. The summed E-state index contributed by atoms with van der Waals surface area (Å²) in [5.74, 6) is 0.770. The summed E-state index contributed by atoms with van der Waals surface area (Å²) in [6, 6.07) is 14.8. The summed E-state index contributed by atoms with van der Waals surface area (Å²) in [5, 5.41) is 2.95. The fourth-order valence-electron chi connectivity index (χ4n) is 3.40. The minimum absolute atomic E-state index is 0.0335. The Labute approximate surface area is 184 Å². The quantitative estimate of drug-likeness (QED) is 0.522. The van der Waals surface area contributed by atoms with E-state index in [4.69, 9.17) is 0 Å². The molecular formula is C23H30N4O3S. The smallest absolute Gasteiger partial charge is 0.242 e. The number of benzene rings is 2. The number of rotatable bonds is 10. The molecule has 0 aliphatic heterocycles. The van der Waals surface area contributed by atoms with Gasteiger partial charge in [0.1, 0.15) is 5.82 Å². The van der Waals surface area contributed by atoms with Gasteiger partial charge in [-0.15, -0.1) is 0 Å². The van der Waals surface area contributed by atoms with Crippen LogP contribution in [0.2, 0.25) is 0 Å². The van der Waals surface area contributed by atoms with Gasteiger partial charge < -0.3 is 9.88 Å². The lowest BCUT2D eigenvalue weighted by Crippen LogP contribution is -2.23. The molecule has 0 spiro atoms. The number of fused-ring (bicyclic) bond motifs is 1. The molecule has 8 heteroatoms. The van der Waals surface area contributed by atoms with Crippen LogP contribution in [0.3, 0.4) is 0 Å². The number of unbranched alkanes of at least 4 members (excludes halogenated alkanes) is 1. The third-order valence-electron chi connectivity index (χ3n) is 5.22. The Morgan fingerprint density at radius 2 is 1.87 bits per heavy atom. The van der Waals surface area contributed by atoms with Gasteiger partial charge in [0.15, 0.2) is 0 Å². The SMILES string of the molecule is CCCCn1c(CCC(=O)NCc2ccccc2)nc2cc(S(=O)(=O)N(C)C)ccc21. The largest absolute Gasteiger partial charge is 0.352 e. The van der Waals surface area contributed by atoms with Gasteiger partial charge in [-0.1, -0.05) is 43.7 Å². The molecule has 1 amide bonds. The Morgan fingerprint density at radius 3 is 2.55 bits per heavy atom. The molecule has 1 N–H and O–H groups in total. The molecule has 0 radical (unpaired) electrons. The summed E-state index contributed by atoms with van der Waals surface area (Å²) >= 11 is 0. The zero-order valence-electron chi connectivity index (χ0n) is 18.3. The highest BCUT2D eigenvalue weighted by Gasteiger charge is 2.20. The fourth-order valence-corrected chi connectivity index (χ4v) is 4.32. The number of amides is 1. The first-order valence-electron chi connectivity index (χ1n) is 10.5. The Bertz CT molecular complexity index is 1140. The number of hydrogen-bond donors (Lipinski definition) is 1. The predicted octanol–water partition coefficient (Wildman–Crippen LogP) is 3.34. The molecule has 31 heavy (non-hydrogen) atoms. The zero-order valence-corrected chi connectivity index (χ0v) is 19.2. The normalized spacial score (nSPS) is 11.9. The molecule has 1 aromatic heterocycles. The molecule has 166 valence electrons. The van der Waals surface area contributed by atoms with Gasteiger partial charge in [0, 0.05) is 40.0 Å². The molecule has 0 fully saturated rings. The van der Waals surface area contributed by atoms with Crippen molar-refractivity contribution in [2.75, 3.05) is 14.1 Å². The topological polar surface area (TPSA) is 84.3 Å². The molecule has 0 aliphatic rings. The van der Waals surface area contributed by atoms with Crippen LogP contribution in [0, 0.1) is 0 Å². The van der Waals surface area contributed by atoms with Crippen molar-refractivity contribution in [3.63, 3.8) is 0 Å². The average molecular weight is 443 g/mol. The minimum atomic E-state index is -3.53. The number of sulfonamides is 1. The Morgan fingerprint density at radius 1 is 1.13 bits per heavy atom. The lowest BCUT2D eigenvalue weighted by atomic mass is 10.2. The first kappa shape index (κ1) is 23.0. The van der Waals surface area contributed by atoms with Crippen molar-refractivity contribution in [2.45, 2.75) is 50.6 Å². The van der Waals surface area contributed by atoms with Crippen LogP contribution in [-0.2, 0) is 34.3 Å². The number of imidazole rings is 1. The first-order valence-corrected chi connectivity index (χ1v) is 12.0. The number of aromatic nitrogens is 2. The van der Waals surface area contributed by atoms with Crippen LogP contribution in [-0.4, -0.2) is 42.3 Å². The highest BCUT2D eigenvalue weighted by atomic mass is 32.2. The van der Waals surface area contributed by atoms with E-state index in [1.165, 1.54) is 18.4 Å². The van der Waals surface area contributed by atoms with E-state index in [0.29, 0.717) is 24.9 Å². The first-order chi connectivity index (χ1) is 14.8. The number of hydrogen-bond acceptors (Lipinski definition) is 4. The maximum Gasteiger partial charge on any atom is 0.242 e. The van der Waals surface area contributed by atoms with Gasteiger partial charge >= 0.3 is 0 Å². The van der Waals surface area contributed by atoms with E-state index in [-0.39, 0.29) is 10.8 Å². The molecule has 3 aromatic rings. The summed E-state index contributed by atoms with van der Waals surface area (Å²) in [4.78, 5) is 17.3. The van der Waals surface area contributed by atoms with Crippen molar-refractivity contribution in [3.05, 3.63) is 59.9 Å². The molecule has 0 saturated carbocycles. The van der Waals surface area contributed by atoms with Crippen molar-refractivity contribution >= 4 is 27.0 Å². The van der Waals surface area contributed by atoms with E-state index in [9.17, 15) is 13.2 Å². The Kier molecular flexibility index (Phi) is 7.46. The van der Waals surface area contributed by atoms with Gasteiger partial charge in [0.25, 0.3) is 0 Å². The van der Waals surface area contributed by atoms with Crippen molar-refractivity contribution < 1.29 is 13.2 Å². The number of nitrogens with zero attached hydrogens (tertiary/aromatic N) is 3. The fraction of sp³-hybridized carbons (Fsp3) is 0.391. The number of carbonyl (C=O) groups is 1. The van der Waals surface area contributed by atoms with Crippen LogP contribution in [0.4, 0.5) is 0 Å². The van der Waals surface area contributed by atoms with E-state index in [1.807, 2.05) is 36.4 Å². The third kappa shape index (κ3) is 5.51. The Balaban J connectivity index is 1.78. The molecule has 0 atom stereocenters. The maximum absolute atomic E-state index is 12.5. The average Bonchev–Trinajstić information content (AvgIpc) is 3.12. The van der Waals surface area contributed by atoms with E-state index >= 15 is 0 Å². The second-order valence-corrected chi connectivity index (χ2v) is 9.89. The lowest BCUT2D eigenvalue weighted by Gasteiger charge is -2.11. The summed E-state index contributed by atoms with van der Waals surface area (Å²) in [7, 11) is -0.503. The Hall–Kier alpha value is -2.71. The summed E-state index contributed by atoms with van der Waals surface area (Å²) < 4.78 is 28.3. The van der Waals surface area contributed by atoms with E-state index in [0.717, 1.165) is 36.3 Å². The highest BCUT2D eigenvalue weighted by Crippen LogP contribution is 2.23. The third-order valence-corrected chi connectivity index (χ3v) is 7.03.